The van der Waals surface area contributed by atoms with Gasteiger partial charge in [0.15, 0.2) is 11.6 Å². The highest BCUT2D eigenvalue weighted by atomic mass is 16.2. The van der Waals surface area contributed by atoms with Crippen molar-refractivity contribution in [2.75, 3.05) is 0 Å². The minimum absolute atomic E-state index is 0.315. The molecule has 146 valence electrons. The van der Waals surface area contributed by atoms with Crippen molar-refractivity contribution in [1.82, 2.24) is 0 Å². The maximum absolute atomic E-state index is 11.7. The first-order chi connectivity index (χ1) is 12.0. The van der Waals surface area contributed by atoms with E-state index in [0.29, 0.717) is 12.7 Å². The normalized spacial score (nSPS) is 11.5. The van der Waals surface area contributed by atoms with Crippen LogP contribution in [0.25, 0.3) is 0 Å². The number of hydrogen-bond acceptors (Lipinski definition) is 3. The van der Waals surface area contributed by atoms with E-state index in [1.165, 1.54) is 84.5 Å². The third-order valence-electron chi connectivity index (χ3n) is 5.38. The molecule has 0 rings (SSSR count). The third kappa shape index (κ3) is 10.6. The first kappa shape index (κ1) is 24.0. The number of aldehydes is 1. The topological polar surface area (TPSA) is 51.2 Å². The Bertz CT molecular complexity index is 359. The molecule has 0 radical (unpaired) electrons. The minimum atomic E-state index is -1.38. The summed E-state index contributed by atoms with van der Waals surface area (Å²) in [5.74, 6) is -0.630. The Hall–Kier alpha value is -0.990. The summed E-state index contributed by atoms with van der Waals surface area (Å²) in [7, 11) is 0. The molecule has 0 unspecified atom stereocenters. The standard InChI is InChI=1S/C22H40O3/c1-4-5-6-7-8-9-10-11-12-13-14-15-16-17-18-22(19-23,20(2)24)21(3)25/h19H,4-18H2,1-3H3. The molecule has 3 nitrogen and oxygen atoms in total. The minimum Gasteiger partial charge on any atom is -0.302 e. The summed E-state index contributed by atoms with van der Waals surface area (Å²) in [5, 5.41) is 0. The lowest BCUT2D eigenvalue weighted by Gasteiger charge is -2.21. The largest absolute Gasteiger partial charge is 0.302 e. The second-order valence-corrected chi connectivity index (χ2v) is 7.55. The molecule has 0 heterocycles. The summed E-state index contributed by atoms with van der Waals surface area (Å²) < 4.78 is 0. The molecular formula is C22H40O3. The number of unbranched alkanes of at least 4 members (excludes halogenated alkanes) is 13. The SMILES string of the molecule is CCCCCCCCCCCCCCCCC(C=O)(C(C)=O)C(C)=O. The molecule has 0 N–H and O–H groups in total. The van der Waals surface area contributed by atoms with Crippen LogP contribution in [0.4, 0.5) is 0 Å². The monoisotopic (exact) mass is 352 g/mol. The van der Waals surface area contributed by atoms with Crippen molar-refractivity contribution in [2.45, 2.75) is 117 Å². The Kier molecular flexibility index (Phi) is 14.7. The van der Waals surface area contributed by atoms with E-state index in [4.69, 9.17) is 0 Å². The fourth-order valence-corrected chi connectivity index (χ4v) is 3.42. The zero-order valence-corrected chi connectivity index (χ0v) is 16.9. The predicted octanol–water partition coefficient (Wildman–Crippen LogP) is 6.22. The Labute approximate surface area is 155 Å². The van der Waals surface area contributed by atoms with Crippen LogP contribution in [0, 0.1) is 5.41 Å². The molecule has 0 aliphatic rings. The lowest BCUT2D eigenvalue weighted by atomic mass is 9.77. The van der Waals surface area contributed by atoms with E-state index in [2.05, 4.69) is 6.92 Å². The molecule has 0 aliphatic heterocycles. The van der Waals surface area contributed by atoms with E-state index in [9.17, 15) is 14.4 Å². The summed E-state index contributed by atoms with van der Waals surface area (Å²) in [6, 6.07) is 0. The molecule has 0 spiro atoms. The summed E-state index contributed by atoms with van der Waals surface area (Å²) in [5.41, 5.74) is -1.38. The molecule has 0 amide bonds. The van der Waals surface area contributed by atoms with Crippen molar-refractivity contribution in [2.24, 2.45) is 5.41 Å². The maximum Gasteiger partial charge on any atom is 0.150 e. The van der Waals surface area contributed by atoms with E-state index in [0.717, 1.165) is 19.3 Å². The summed E-state index contributed by atoms with van der Waals surface area (Å²) in [6.45, 7) is 4.95. The van der Waals surface area contributed by atoms with Crippen LogP contribution >= 0.6 is 0 Å². The zero-order chi connectivity index (χ0) is 19.0. The van der Waals surface area contributed by atoms with Crippen molar-refractivity contribution >= 4 is 17.9 Å². The Morgan fingerprint density at radius 1 is 0.640 bits per heavy atom. The lowest BCUT2D eigenvalue weighted by molar-refractivity contribution is -0.142. The molecule has 0 aliphatic carbocycles. The Balaban J connectivity index is 3.54. The van der Waals surface area contributed by atoms with E-state index < -0.39 is 5.41 Å². The van der Waals surface area contributed by atoms with Gasteiger partial charge in [-0.3, -0.25) is 9.59 Å². The van der Waals surface area contributed by atoms with Crippen molar-refractivity contribution in [3.8, 4) is 0 Å². The van der Waals surface area contributed by atoms with Crippen LogP contribution in [0.2, 0.25) is 0 Å². The van der Waals surface area contributed by atoms with Crippen molar-refractivity contribution < 1.29 is 14.4 Å². The maximum atomic E-state index is 11.7. The molecular weight excluding hydrogens is 312 g/mol. The highest BCUT2D eigenvalue weighted by Crippen LogP contribution is 2.26. The number of Topliss-reactive ketones (excluding diaryl/α,β-unsaturated/α-hetero) is 2. The van der Waals surface area contributed by atoms with Crippen LogP contribution in [0.15, 0.2) is 0 Å². The van der Waals surface area contributed by atoms with Gasteiger partial charge in [-0.2, -0.15) is 0 Å². The fourth-order valence-electron chi connectivity index (χ4n) is 3.42. The van der Waals surface area contributed by atoms with Crippen molar-refractivity contribution in [3.05, 3.63) is 0 Å². The second-order valence-electron chi connectivity index (χ2n) is 7.55. The van der Waals surface area contributed by atoms with E-state index in [1.807, 2.05) is 0 Å². The molecule has 0 bridgehead atoms. The van der Waals surface area contributed by atoms with Crippen molar-refractivity contribution in [3.63, 3.8) is 0 Å². The first-order valence-corrected chi connectivity index (χ1v) is 10.5. The molecule has 0 saturated heterocycles. The Morgan fingerprint density at radius 2 is 0.960 bits per heavy atom. The molecule has 0 saturated carbocycles. The van der Waals surface area contributed by atoms with Crippen LogP contribution in [0.1, 0.15) is 117 Å². The van der Waals surface area contributed by atoms with Crippen molar-refractivity contribution in [1.29, 1.82) is 0 Å². The molecule has 0 atom stereocenters. The highest BCUT2D eigenvalue weighted by Gasteiger charge is 2.39. The first-order valence-electron chi connectivity index (χ1n) is 10.5. The zero-order valence-electron chi connectivity index (χ0n) is 16.9. The van der Waals surface area contributed by atoms with Crippen LogP contribution < -0.4 is 0 Å². The number of carbonyl (C=O) groups is 3. The van der Waals surface area contributed by atoms with E-state index in [-0.39, 0.29) is 11.6 Å². The Morgan fingerprint density at radius 3 is 1.24 bits per heavy atom. The molecule has 0 aromatic carbocycles. The second kappa shape index (κ2) is 15.3. The van der Waals surface area contributed by atoms with Gasteiger partial charge < -0.3 is 4.79 Å². The third-order valence-corrected chi connectivity index (χ3v) is 5.38. The lowest BCUT2D eigenvalue weighted by Crippen LogP contribution is -2.38. The van der Waals surface area contributed by atoms with Gasteiger partial charge >= 0.3 is 0 Å². The number of hydrogen-bond donors (Lipinski definition) is 0. The average Bonchev–Trinajstić information content (AvgIpc) is 2.58. The summed E-state index contributed by atoms with van der Waals surface area (Å²) >= 11 is 0. The average molecular weight is 353 g/mol. The van der Waals surface area contributed by atoms with Gasteiger partial charge in [0.2, 0.25) is 0 Å². The predicted molar refractivity (Wildman–Crippen MR) is 105 cm³/mol. The summed E-state index contributed by atoms with van der Waals surface area (Å²) in [6.07, 6.45) is 18.6. The number of carbonyl (C=O) groups excluding carboxylic acids is 3. The van der Waals surface area contributed by atoms with Gasteiger partial charge in [-0.05, 0) is 20.3 Å². The van der Waals surface area contributed by atoms with Gasteiger partial charge in [0, 0.05) is 0 Å². The molecule has 0 aromatic rings. The molecule has 0 fully saturated rings. The van der Waals surface area contributed by atoms with Crippen LogP contribution in [0.5, 0.6) is 0 Å². The number of ketones is 2. The smallest absolute Gasteiger partial charge is 0.150 e. The van der Waals surface area contributed by atoms with Crippen LogP contribution in [0.3, 0.4) is 0 Å². The van der Waals surface area contributed by atoms with Crippen LogP contribution in [-0.4, -0.2) is 17.9 Å². The molecule has 0 aromatic heterocycles. The van der Waals surface area contributed by atoms with E-state index >= 15 is 0 Å². The van der Waals surface area contributed by atoms with Gasteiger partial charge in [0.1, 0.15) is 11.7 Å². The quantitative estimate of drug-likeness (QED) is 0.167. The summed E-state index contributed by atoms with van der Waals surface area (Å²) in [4.78, 5) is 34.5. The van der Waals surface area contributed by atoms with E-state index in [1.54, 1.807) is 0 Å². The van der Waals surface area contributed by atoms with Gasteiger partial charge in [-0.1, -0.05) is 96.8 Å². The van der Waals surface area contributed by atoms with Gasteiger partial charge in [-0.15, -0.1) is 0 Å². The highest BCUT2D eigenvalue weighted by molar-refractivity contribution is 6.17. The van der Waals surface area contributed by atoms with Crippen LogP contribution in [-0.2, 0) is 14.4 Å². The van der Waals surface area contributed by atoms with Gasteiger partial charge in [0.05, 0.1) is 0 Å². The van der Waals surface area contributed by atoms with Gasteiger partial charge in [0.25, 0.3) is 0 Å². The molecule has 3 heteroatoms. The fraction of sp³-hybridized carbons (Fsp3) is 0.864. The molecule has 25 heavy (non-hydrogen) atoms. The van der Waals surface area contributed by atoms with Gasteiger partial charge in [-0.25, -0.2) is 0 Å². The number of rotatable bonds is 18.